The minimum absolute atomic E-state index is 0.178. The molecule has 1 N–H and O–H groups in total. The maximum Gasteiger partial charge on any atom is 0.321 e. The molecule has 1 rings (SSSR count). The summed E-state index contributed by atoms with van der Waals surface area (Å²) in [5.41, 5.74) is -0.337. The molecule has 17 heavy (non-hydrogen) atoms. The first kappa shape index (κ1) is 13.5. The Morgan fingerprint density at radius 2 is 2.18 bits per heavy atom. The van der Waals surface area contributed by atoms with Crippen LogP contribution in [0, 0.1) is 10.1 Å². The minimum atomic E-state index is -0.580. The van der Waals surface area contributed by atoms with Gasteiger partial charge in [0.2, 0.25) is 0 Å². The molecular formula is C10H14ClN3O3. The molecule has 0 fully saturated rings. The van der Waals surface area contributed by atoms with Gasteiger partial charge in [-0.25, -0.2) is 4.98 Å². The van der Waals surface area contributed by atoms with Crippen molar-refractivity contribution in [3.05, 3.63) is 27.9 Å². The van der Waals surface area contributed by atoms with Crippen molar-refractivity contribution in [2.75, 3.05) is 12.9 Å². The quantitative estimate of drug-likeness (QED) is 0.510. The van der Waals surface area contributed by atoms with Gasteiger partial charge < -0.3 is 15.0 Å². The van der Waals surface area contributed by atoms with E-state index in [-0.39, 0.29) is 23.3 Å². The van der Waals surface area contributed by atoms with Gasteiger partial charge in [0.1, 0.15) is 0 Å². The monoisotopic (exact) mass is 259 g/mol. The van der Waals surface area contributed by atoms with Crippen LogP contribution in [0.15, 0.2) is 12.1 Å². The van der Waals surface area contributed by atoms with Crippen molar-refractivity contribution in [1.29, 1.82) is 0 Å². The van der Waals surface area contributed by atoms with Gasteiger partial charge in [-0.1, -0.05) is 0 Å². The Hall–Kier alpha value is -1.56. The van der Waals surface area contributed by atoms with Gasteiger partial charge in [-0.05, 0) is 24.8 Å². The number of nitrogens with one attached hydrogen (secondary N) is 1. The Bertz CT molecular complexity index is 442. The maximum absolute atomic E-state index is 12.0. The maximum atomic E-state index is 12.0. The van der Waals surface area contributed by atoms with Crippen LogP contribution in [0.1, 0.15) is 24.3 Å². The van der Waals surface area contributed by atoms with E-state index in [1.54, 1.807) is 7.05 Å². The van der Waals surface area contributed by atoms with Gasteiger partial charge in [0.25, 0.3) is 5.91 Å². The molecule has 0 atom stereocenters. The topological polar surface area (TPSA) is 79.2 Å². The average molecular weight is 260 g/mol. The lowest BCUT2D eigenvalue weighted by atomic mass is 10.1. The Balaban J connectivity index is 2.93. The zero-order valence-electron chi connectivity index (χ0n) is 9.86. The van der Waals surface area contributed by atoms with E-state index >= 15 is 0 Å². The number of alkyl halides is 1. The highest BCUT2D eigenvalue weighted by Crippen LogP contribution is 2.18. The fraction of sp³-hybridized carbons (Fsp3) is 0.500. The molecule has 0 saturated heterocycles. The molecule has 7 heteroatoms. The van der Waals surface area contributed by atoms with E-state index < -0.39 is 10.5 Å². The normalized spacial score (nSPS) is 11.3. The third-order valence-corrected chi connectivity index (χ3v) is 3.29. The number of carbonyl (C=O) groups excluding carboxylic acids is 1. The SMILES string of the molecule is CN(C(=O)c1ccc([N+](=O)[O-])[nH]1)C(C)(C)CCl. The fourth-order valence-corrected chi connectivity index (χ4v) is 1.34. The summed E-state index contributed by atoms with van der Waals surface area (Å²) in [6.07, 6.45) is 0. The third kappa shape index (κ3) is 2.76. The predicted molar refractivity (Wildman–Crippen MR) is 64.3 cm³/mol. The van der Waals surface area contributed by atoms with Gasteiger partial charge >= 0.3 is 5.82 Å². The second-order valence-electron chi connectivity index (χ2n) is 4.32. The highest BCUT2D eigenvalue weighted by molar-refractivity contribution is 6.18. The van der Waals surface area contributed by atoms with E-state index in [1.807, 2.05) is 13.8 Å². The number of hydrogen-bond acceptors (Lipinski definition) is 3. The molecule has 0 radical (unpaired) electrons. The second-order valence-corrected chi connectivity index (χ2v) is 4.59. The highest BCUT2D eigenvalue weighted by Gasteiger charge is 2.29. The molecule has 0 unspecified atom stereocenters. The van der Waals surface area contributed by atoms with Crippen molar-refractivity contribution >= 4 is 23.3 Å². The van der Waals surface area contributed by atoms with E-state index in [4.69, 9.17) is 11.6 Å². The summed E-state index contributed by atoms with van der Waals surface area (Å²) >= 11 is 5.76. The second kappa shape index (κ2) is 4.75. The Labute approximate surface area is 104 Å². The summed E-state index contributed by atoms with van der Waals surface area (Å²) in [7, 11) is 1.61. The molecule has 0 aliphatic heterocycles. The first-order chi connectivity index (χ1) is 7.79. The Morgan fingerprint density at radius 1 is 1.59 bits per heavy atom. The van der Waals surface area contributed by atoms with Crippen molar-refractivity contribution in [3.8, 4) is 0 Å². The number of aromatic nitrogens is 1. The van der Waals surface area contributed by atoms with Gasteiger partial charge in [0, 0.05) is 19.0 Å². The summed E-state index contributed by atoms with van der Waals surface area (Å²) < 4.78 is 0. The fourth-order valence-electron chi connectivity index (χ4n) is 1.16. The number of nitro groups is 1. The van der Waals surface area contributed by atoms with Crippen LogP contribution in [0.4, 0.5) is 5.82 Å². The van der Waals surface area contributed by atoms with E-state index in [9.17, 15) is 14.9 Å². The molecular weight excluding hydrogens is 246 g/mol. The lowest BCUT2D eigenvalue weighted by Gasteiger charge is -2.32. The molecule has 0 aliphatic carbocycles. The molecule has 0 aromatic carbocycles. The van der Waals surface area contributed by atoms with E-state index in [0.29, 0.717) is 0 Å². The lowest BCUT2D eigenvalue weighted by Crippen LogP contribution is -2.46. The van der Waals surface area contributed by atoms with Gasteiger partial charge in [-0.3, -0.25) is 4.79 Å². The molecule has 0 bridgehead atoms. The van der Waals surface area contributed by atoms with Crippen LogP contribution >= 0.6 is 11.6 Å². The lowest BCUT2D eigenvalue weighted by molar-refractivity contribution is -0.389. The molecule has 0 aliphatic rings. The van der Waals surface area contributed by atoms with Crippen molar-refractivity contribution in [1.82, 2.24) is 9.88 Å². The molecule has 1 aromatic heterocycles. The van der Waals surface area contributed by atoms with Crippen LogP contribution < -0.4 is 0 Å². The zero-order valence-corrected chi connectivity index (χ0v) is 10.6. The van der Waals surface area contributed by atoms with Crippen molar-refractivity contribution in [3.63, 3.8) is 0 Å². The zero-order chi connectivity index (χ0) is 13.2. The van der Waals surface area contributed by atoms with Crippen LogP contribution in [0.25, 0.3) is 0 Å². The predicted octanol–water partition coefficient (Wildman–Crippen LogP) is 2.01. The summed E-state index contributed by atoms with van der Waals surface area (Å²) in [4.78, 5) is 25.8. The van der Waals surface area contributed by atoms with Gasteiger partial charge in [-0.2, -0.15) is 0 Å². The number of aromatic amines is 1. The van der Waals surface area contributed by atoms with Crippen LogP contribution in [-0.4, -0.2) is 39.2 Å². The standard InChI is InChI=1S/C10H14ClN3O3/c1-10(2,6-11)13(3)9(15)7-4-5-8(12-7)14(16)17/h4-5,12H,6H2,1-3H3. The minimum Gasteiger partial charge on any atom is -0.358 e. The molecule has 1 heterocycles. The Kier molecular flexibility index (Phi) is 3.77. The largest absolute Gasteiger partial charge is 0.358 e. The summed E-state index contributed by atoms with van der Waals surface area (Å²) in [5.74, 6) is -0.257. The molecule has 94 valence electrons. The van der Waals surface area contributed by atoms with E-state index in [1.165, 1.54) is 17.0 Å². The number of nitrogens with zero attached hydrogens (tertiary/aromatic N) is 2. The number of H-pyrrole nitrogens is 1. The summed E-state index contributed by atoms with van der Waals surface area (Å²) in [6, 6.07) is 2.65. The van der Waals surface area contributed by atoms with Gasteiger partial charge in [0.05, 0.1) is 5.54 Å². The number of halogens is 1. The number of carbonyl (C=O) groups is 1. The number of hydrogen-bond donors (Lipinski definition) is 1. The summed E-state index contributed by atoms with van der Waals surface area (Å²) in [5, 5.41) is 10.5. The molecule has 0 spiro atoms. The average Bonchev–Trinajstić information content (AvgIpc) is 2.76. The molecule has 1 aromatic rings. The van der Waals surface area contributed by atoms with Crippen molar-refractivity contribution in [2.24, 2.45) is 0 Å². The molecule has 1 amide bonds. The highest BCUT2D eigenvalue weighted by atomic mass is 35.5. The Morgan fingerprint density at radius 3 is 2.59 bits per heavy atom. The number of amides is 1. The number of rotatable bonds is 4. The van der Waals surface area contributed by atoms with Crippen molar-refractivity contribution < 1.29 is 9.72 Å². The van der Waals surface area contributed by atoms with Crippen LogP contribution in [-0.2, 0) is 0 Å². The van der Waals surface area contributed by atoms with Gasteiger partial charge in [-0.15, -0.1) is 11.6 Å². The van der Waals surface area contributed by atoms with E-state index in [0.717, 1.165) is 0 Å². The van der Waals surface area contributed by atoms with E-state index in [2.05, 4.69) is 4.98 Å². The van der Waals surface area contributed by atoms with Crippen LogP contribution in [0.2, 0.25) is 0 Å². The van der Waals surface area contributed by atoms with Gasteiger partial charge in [0.15, 0.2) is 5.69 Å². The first-order valence-electron chi connectivity index (χ1n) is 4.97. The smallest absolute Gasteiger partial charge is 0.321 e. The van der Waals surface area contributed by atoms with Crippen molar-refractivity contribution in [2.45, 2.75) is 19.4 Å². The summed E-state index contributed by atoms with van der Waals surface area (Å²) in [6.45, 7) is 3.63. The molecule has 6 nitrogen and oxygen atoms in total. The third-order valence-electron chi connectivity index (χ3n) is 2.64. The van der Waals surface area contributed by atoms with Crippen LogP contribution in [0.3, 0.4) is 0 Å². The van der Waals surface area contributed by atoms with Crippen LogP contribution in [0.5, 0.6) is 0 Å². The first-order valence-corrected chi connectivity index (χ1v) is 5.50. The molecule has 0 saturated carbocycles.